The van der Waals surface area contributed by atoms with Crippen LogP contribution in [-0.2, 0) is 33.3 Å². The maximum atomic E-state index is 13.0. The molecule has 0 bridgehead atoms. The van der Waals surface area contributed by atoms with Gasteiger partial charge in [-0.3, -0.25) is 9.59 Å². The summed E-state index contributed by atoms with van der Waals surface area (Å²) in [5, 5.41) is 61.5. The number of ketones is 1. The zero-order chi connectivity index (χ0) is 29.0. The fraction of sp³-hybridized carbons (Fsp3) is 0.778. The fourth-order valence-electron chi connectivity index (χ4n) is 6.40. The second kappa shape index (κ2) is 11.5. The summed E-state index contributed by atoms with van der Waals surface area (Å²) in [7, 11) is 0. The van der Waals surface area contributed by atoms with Crippen LogP contribution in [0.15, 0.2) is 22.8 Å². The highest BCUT2D eigenvalue weighted by Gasteiger charge is 2.52. The Bertz CT molecular complexity index is 1060. The van der Waals surface area contributed by atoms with Gasteiger partial charge >= 0.3 is 5.97 Å². The fourth-order valence-corrected chi connectivity index (χ4v) is 6.40. The van der Waals surface area contributed by atoms with E-state index in [0.717, 1.165) is 12.0 Å². The van der Waals surface area contributed by atoms with Crippen molar-refractivity contribution in [2.45, 2.75) is 101 Å². The Labute approximate surface area is 230 Å². The number of hydrogen-bond donors (Lipinski definition) is 6. The van der Waals surface area contributed by atoms with Crippen molar-refractivity contribution >= 4 is 11.8 Å². The third kappa shape index (κ3) is 5.17. The molecule has 3 fully saturated rings. The topological polar surface area (TPSA) is 202 Å². The summed E-state index contributed by atoms with van der Waals surface area (Å²) in [5.41, 5.74) is 2.08. The molecule has 13 nitrogen and oxygen atoms in total. The highest BCUT2D eigenvalue weighted by molar-refractivity contribution is 6.09. The average Bonchev–Trinajstić information content (AvgIpc) is 3.35. The normalized spacial score (nSPS) is 47.5. The highest BCUT2D eigenvalue weighted by atomic mass is 16.7. The standard InChI is InChI=1S/C27H38O13/c1-9-4-5-13-10(2)25(35)40-24(13)17-12(6-14(28)16(9)17)7-36-27-23(34)21(32)19(30)15(39-27)8-37-26-22(33)20(31)18(29)11(3)38-26/h6,10-11,13,15,17-24,26-27,29-34H,4-5,7-8H2,1-3H3/t10-,11-,13-,15+,17-,18-,19+,20+,21-,22+,23+,24-,26+,27+/m0/s1. The maximum absolute atomic E-state index is 13.0. The molecule has 5 aliphatic rings. The number of aliphatic hydroxyl groups is 6. The number of rotatable bonds is 6. The first kappa shape index (κ1) is 29.7. The van der Waals surface area contributed by atoms with Gasteiger partial charge < -0.3 is 54.3 Å². The molecule has 0 saturated carbocycles. The summed E-state index contributed by atoms with van der Waals surface area (Å²) < 4.78 is 28.1. The molecule has 0 aromatic carbocycles. The Morgan fingerprint density at radius 1 is 0.875 bits per heavy atom. The molecule has 40 heavy (non-hydrogen) atoms. The van der Waals surface area contributed by atoms with E-state index in [1.165, 1.54) is 13.0 Å². The highest BCUT2D eigenvalue weighted by Crippen LogP contribution is 2.48. The number of aliphatic hydroxyl groups excluding tert-OH is 6. The second-order valence-electron chi connectivity index (χ2n) is 11.5. The van der Waals surface area contributed by atoms with E-state index in [4.69, 9.17) is 23.7 Å². The van der Waals surface area contributed by atoms with Crippen molar-refractivity contribution in [3.8, 4) is 0 Å². The first-order valence-electron chi connectivity index (χ1n) is 13.7. The largest absolute Gasteiger partial charge is 0.461 e. The van der Waals surface area contributed by atoms with Crippen LogP contribution in [0.3, 0.4) is 0 Å². The molecular formula is C27H38O13. The number of carbonyl (C=O) groups excluding carboxylic acids is 2. The van der Waals surface area contributed by atoms with E-state index in [2.05, 4.69) is 0 Å². The predicted molar refractivity (Wildman–Crippen MR) is 132 cm³/mol. The second-order valence-corrected chi connectivity index (χ2v) is 11.5. The summed E-state index contributed by atoms with van der Waals surface area (Å²) in [4.78, 5) is 25.3. The molecule has 224 valence electrons. The number of fused-ring (bicyclic) bond motifs is 3. The molecule has 3 heterocycles. The molecule has 2 aliphatic carbocycles. The van der Waals surface area contributed by atoms with Crippen LogP contribution in [-0.4, -0.2) is 123 Å². The number of esters is 1. The van der Waals surface area contributed by atoms with Crippen molar-refractivity contribution < 1.29 is 63.9 Å². The van der Waals surface area contributed by atoms with E-state index >= 15 is 0 Å². The molecule has 5 rings (SSSR count). The Morgan fingerprint density at radius 2 is 1.52 bits per heavy atom. The molecular weight excluding hydrogens is 532 g/mol. The lowest BCUT2D eigenvalue weighted by Crippen LogP contribution is -2.61. The van der Waals surface area contributed by atoms with E-state index in [0.29, 0.717) is 17.6 Å². The van der Waals surface area contributed by atoms with Crippen LogP contribution in [0.25, 0.3) is 0 Å². The van der Waals surface area contributed by atoms with Crippen molar-refractivity contribution in [3.63, 3.8) is 0 Å². The van der Waals surface area contributed by atoms with Crippen LogP contribution in [0.4, 0.5) is 0 Å². The summed E-state index contributed by atoms with van der Waals surface area (Å²) >= 11 is 0. The smallest absolute Gasteiger partial charge is 0.309 e. The summed E-state index contributed by atoms with van der Waals surface area (Å²) in [6, 6.07) is 0. The van der Waals surface area contributed by atoms with Crippen LogP contribution < -0.4 is 0 Å². The zero-order valence-electron chi connectivity index (χ0n) is 22.5. The Morgan fingerprint density at radius 3 is 2.23 bits per heavy atom. The van der Waals surface area contributed by atoms with Gasteiger partial charge in [0.1, 0.15) is 48.8 Å². The lowest BCUT2D eigenvalue weighted by atomic mass is 9.81. The first-order chi connectivity index (χ1) is 18.9. The van der Waals surface area contributed by atoms with Crippen LogP contribution in [0.5, 0.6) is 0 Å². The maximum Gasteiger partial charge on any atom is 0.309 e. The molecule has 0 aromatic rings. The molecule has 0 spiro atoms. The average molecular weight is 571 g/mol. The van der Waals surface area contributed by atoms with Crippen molar-refractivity contribution in [2.24, 2.45) is 17.8 Å². The summed E-state index contributed by atoms with van der Waals surface area (Å²) in [6.45, 7) is 4.61. The minimum atomic E-state index is -1.67. The molecule has 0 unspecified atom stereocenters. The van der Waals surface area contributed by atoms with E-state index in [1.54, 1.807) is 0 Å². The van der Waals surface area contributed by atoms with Crippen LogP contribution >= 0.6 is 0 Å². The molecule has 0 aromatic heterocycles. The van der Waals surface area contributed by atoms with Gasteiger partial charge in [0.15, 0.2) is 18.4 Å². The lowest BCUT2D eigenvalue weighted by Gasteiger charge is -2.42. The quantitative estimate of drug-likeness (QED) is 0.193. The van der Waals surface area contributed by atoms with Crippen LogP contribution in [0.1, 0.15) is 33.6 Å². The SMILES string of the molecule is CC1=C2C(=O)C=C(CO[C@@H]3O[C@H](CO[C@@H]4O[C@@H](C)[C@H](O)[C@@H](O)[C@H]4O)[C@@H](O)[C@H](O)[C@H]3O)[C@@H]2[C@H]2OC(=O)[C@@H](C)[C@@H]2CC1. The molecule has 3 aliphatic heterocycles. The van der Waals surface area contributed by atoms with E-state index in [9.17, 15) is 40.2 Å². The predicted octanol–water partition coefficient (Wildman–Crippen LogP) is -1.93. The van der Waals surface area contributed by atoms with E-state index in [-0.39, 0.29) is 30.2 Å². The molecule has 0 amide bonds. The first-order valence-corrected chi connectivity index (χ1v) is 13.7. The molecule has 3 saturated heterocycles. The van der Waals surface area contributed by atoms with Crippen molar-refractivity contribution in [3.05, 3.63) is 22.8 Å². The van der Waals surface area contributed by atoms with E-state index < -0.39 is 80.0 Å². The van der Waals surface area contributed by atoms with Crippen LogP contribution in [0, 0.1) is 17.8 Å². The van der Waals surface area contributed by atoms with Gasteiger partial charge in [-0.15, -0.1) is 0 Å². The van der Waals surface area contributed by atoms with Gasteiger partial charge in [-0.05, 0) is 38.3 Å². The summed E-state index contributed by atoms with van der Waals surface area (Å²) in [6.07, 6.45) is -11.8. The monoisotopic (exact) mass is 570 g/mol. The van der Waals surface area contributed by atoms with E-state index in [1.807, 2.05) is 13.8 Å². The molecule has 0 radical (unpaired) electrons. The number of allylic oxidation sites excluding steroid dienone is 2. The minimum Gasteiger partial charge on any atom is -0.461 e. The number of carbonyl (C=O) groups is 2. The van der Waals surface area contributed by atoms with Crippen molar-refractivity contribution in [1.29, 1.82) is 0 Å². The third-order valence-electron chi connectivity index (χ3n) is 8.94. The molecule has 6 N–H and O–H groups in total. The van der Waals surface area contributed by atoms with Gasteiger partial charge in [0.2, 0.25) is 0 Å². The van der Waals surface area contributed by atoms with Gasteiger partial charge in [0, 0.05) is 17.4 Å². The summed E-state index contributed by atoms with van der Waals surface area (Å²) in [5.74, 6) is -1.33. The molecule has 14 atom stereocenters. The molecule has 13 heteroatoms. The van der Waals surface area contributed by atoms with Gasteiger partial charge in [0.05, 0.1) is 25.2 Å². The number of ether oxygens (including phenoxy) is 5. The zero-order valence-corrected chi connectivity index (χ0v) is 22.5. The number of hydrogen-bond acceptors (Lipinski definition) is 13. The Hall–Kier alpha value is -1.78. The Balaban J connectivity index is 1.26. The lowest BCUT2D eigenvalue weighted by molar-refractivity contribution is -0.327. The van der Waals surface area contributed by atoms with Gasteiger partial charge in [-0.2, -0.15) is 0 Å². The Kier molecular flexibility index (Phi) is 8.52. The van der Waals surface area contributed by atoms with Gasteiger partial charge in [-0.25, -0.2) is 0 Å². The van der Waals surface area contributed by atoms with Gasteiger partial charge in [-0.1, -0.05) is 12.5 Å². The minimum absolute atomic E-state index is 0.0611. The van der Waals surface area contributed by atoms with Crippen molar-refractivity contribution in [2.75, 3.05) is 13.2 Å². The van der Waals surface area contributed by atoms with Crippen molar-refractivity contribution in [1.82, 2.24) is 0 Å². The van der Waals surface area contributed by atoms with Crippen LogP contribution in [0.2, 0.25) is 0 Å². The third-order valence-corrected chi connectivity index (χ3v) is 8.94. The van der Waals surface area contributed by atoms with Gasteiger partial charge in [0.25, 0.3) is 0 Å².